The Labute approximate surface area is 188 Å². The van der Waals surface area contributed by atoms with E-state index in [9.17, 15) is 4.79 Å². The van der Waals surface area contributed by atoms with Gasteiger partial charge < -0.3 is 19.7 Å². The summed E-state index contributed by atoms with van der Waals surface area (Å²) in [6, 6.07) is 13.0. The average Bonchev–Trinajstić information content (AvgIpc) is 2.74. The first-order valence-corrected chi connectivity index (χ1v) is 11.1. The number of carbonyl (C=O) groups excluding carboxylic acids is 1. The van der Waals surface area contributed by atoms with Crippen LogP contribution in [0.2, 0.25) is 10.0 Å². The fraction of sp³-hybridized carbons (Fsp3) is 0.435. The lowest BCUT2D eigenvalue weighted by molar-refractivity contribution is -0.120. The quantitative estimate of drug-likeness (QED) is 0.606. The van der Waals surface area contributed by atoms with E-state index in [0.717, 1.165) is 49.5 Å². The van der Waals surface area contributed by atoms with E-state index in [4.69, 9.17) is 32.7 Å². The van der Waals surface area contributed by atoms with Gasteiger partial charge in [0.1, 0.15) is 17.6 Å². The number of carbonyl (C=O) groups is 1. The van der Waals surface area contributed by atoms with Crippen molar-refractivity contribution >= 4 is 29.1 Å². The Morgan fingerprint density at radius 1 is 1.07 bits per heavy atom. The number of hydrogen-bond acceptors (Lipinski definition) is 4. The maximum absolute atomic E-state index is 12.2. The van der Waals surface area contributed by atoms with Crippen LogP contribution in [0, 0.1) is 0 Å². The van der Waals surface area contributed by atoms with Gasteiger partial charge in [-0.3, -0.25) is 4.79 Å². The number of piperidine rings is 1. The van der Waals surface area contributed by atoms with E-state index in [2.05, 4.69) is 10.2 Å². The number of benzene rings is 2. The zero-order valence-corrected chi connectivity index (χ0v) is 18.7. The molecule has 1 aliphatic heterocycles. The number of hydrogen-bond donors (Lipinski definition) is 1. The van der Waals surface area contributed by atoms with Gasteiger partial charge in [-0.25, -0.2) is 0 Å². The summed E-state index contributed by atoms with van der Waals surface area (Å²) in [5.74, 6) is 1.62. The van der Waals surface area contributed by atoms with Crippen molar-refractivity contribution in [2.75, 3.05) is 32.8 Å². The SMILES string of the molecule is CCOc1ccc(CC(=O)NCCN2CCC(Oc3ccc(Cl)c(Cl)c3)CC2)cc1. The van der Waals surface area contributed by atoms with Gasteiger partial charge in [-0.1, -0.05) is 35.3 Å². The summed E-state index contributed by atoms with van der Waals surface area (Å²) in [6.07, 6.45) is 2.44. The summed E-state index contributed by atoms with van der Waals surface area (Å²) in [4.78, 5) is 14.5. The second-order valence-electron chi connectivity index (χ2n) is 7.34. The van der Waals surface area contributed by atoms with Gasteiger partial charge in [-0.15, -0.1) is 0 Å². The molecule has 1 N–H and O–H groups in total. The van der Waals surface area contributed by atoms with Gasteiger partial charge in [-0.05, 0) is 49.6 Å². The molecule has 1 fully saturated rings. The van der Waals surface area contributed by atoms with Gasteiger partial charge in [-0.2, -0.15) is 0 Å². The monoisotopic (exact) mass is 450 g/mol. The van der Waals surface area contributed by atoms with Crippen molar-refractivity contribution in [3.8, 4) is 11.5 Å². The Hall–Kier alpha value is -1.95. The molecule has 162 valence electrons. The number of ether oxygens (including phenoxy) is 2. The number of nitrogens with zero attached hydrogens (tertiary/aromatic N) is 1. The maximum atomic E-state index is 12.2. The van der Waals surface area contributed by atoms with Crippen molar-refractivity contribution in [3.05, 3.63) is 58.1 Å². The molecule has 0 aliphatic carbocycles. The topological polar surface area (TPSA) is 50.8 Å². The lowest BCUT2D eigenvalue weighted by atomic mass is 10.1. The summed E-state index contributed by atoms with van der Waals surface area (Å²) < 4.78 is 11.4. The van der Waals surface area contributed by atoms with E-state index in [1.165, 1.54) is 0 Å². The Morgan fingerprint density at radius 3 is 2.43 bits per heavy atom. The minimum atomic E-state index is 0.0389. The van der Waals surface area contributed by atoms with Crippen LogP contribution in [0.25, 0.3) is 0 Å². The Kier molecular flexibility index (Phi) is 8.67. The molecule has 2 aromatic rings. The normalized spacial score (nSPS) is 15.0. The molecule has 1 heterocycles. The lowest BCUT2D eigenvalue weighted by Crippen LogP contribution is -2.42. The third-order valence-electron chi connectivity index (χ3n) is 5.08. The predicted octanol–water partition coefficient (Wildman–Crippen LogP) is 4.59. The Morgan fingerprint density at radius 2 is 1.77 bits per heavy atom. The zero-order chi connectivity index (χ0) is 21.3. The van der Waals surface area contributed by atoms with Crippen LogP contribution < -0.4 is 14.8 Å². The van der Waals surface area contributed by atoms with Gasteiger partial charge in [0, 0.05) is 32.2 Å². The molecule has 0 bridgehead atoms. The van der Waals surface area contributed by atoms with Crippen molar-refractivity contribution in [3.63, 3.8) is 0 Å². The highest BCUT2D eigenvalue weighted by Crippen LogP contribution is 2.28. The summed E-state index contributed by atoms with van der Waals surface area (Å²) in [5, 5.41) is 4.05. The van der Waals surface area contributed by atoms with E-state index >= 15 is 0 Å². The first kappa shape index (κ1) is 22.7. The fourth-order valence-electron chi connectivity index (χ4n) is 3.46. The molecular formula is C23H28Cl2N2O3. The molecule has 1 saturated heterocycles. The van der Waals surface area contributed by atoms with Crippen LogP contribution >= 0.6 is 23.2 Å². The van der Waals surface area contributed by atoms with Crippen molar-refractivity contribution < 1.29 is 14.3 Å². The Balaban J connectivity index is 1.32. The van der Waals surface area contributed by atoms with Crippen LogP contribution in [0.5, 0.6) is 11.5 Å². The highest BCUT2D eigenvalue weighted by Gasteiger charge is 2.20. The largest absolute Gasteiger partial charge is 0.494 e. The molecule has 1 aliphatic rings. The van der Waals surface area contributed by atoms with Gasteiger partial charge in [0.15, 0.2) is 0 Å². The molecular weight excluding hydrogens is 423 g/mol. The first-order valence-electron chi connectivity index (χ1n) is 10.4. The molecule has 7 heteroatoms. The second kappa shape index (κ2) is 11.4. The lowest BCUT2D eigenvalue weighted by Gasteiger charge is -2.32. The molecule has 5 nitrogen and oxygen atoms in total. The van der Waals surface area contributed by atoms with Crippen LogP contribution in [0.3, 0.4) is 0 Å². The molecule has 3 rings (SSSR count). The molecule has 0 saturated carbocycles. The van der Waals surface area contributed by atoms with E-state index in [1.54, 1.807) is 12.1 Å². The molecule has 0 aromatic heterocycles. The van der Waals surface area contributed by atoms with Crippen molar-refractivity contribution in [2.45, 2.75) is 32.3 Å². The molecule has 1 amide bonds. The molecule has 0 unspecified atom stereocenters. The standard InChI is InChI=1S/C23H28Cl2N2O3/c1-2-29-18-5-3-17(4-6-18)15-23(28)26-11-14-27-12-9-19(10-13-27)30-20-7-8-21(24)22(25)16-20/h3-8,16,19H,2,9-15H2,1H3,(H,26,28). The van der Waals surface area contributed by atoms with Crippen LogP contribution in [0.1, 0.15) is 25.3 Å². The molecule has 2 aromatic carbocycles. The third-order valence-corrected chi connectivity index (χ3v) is 5.82. The molecule has 0 spiro atoms. The first-order chi connectivity index (χ1) is 14.5. The minimum Gasteiger partial charge on any atom is -0.494 e. The van der Waals surface area contributed by atoms with Gasteiger partial charge >= 0.3 is 0 Å². The van der Waals surface area contributed by atoms with Crippen LogP contribution in [-0.4, -0.2) is 49.7 Å². The van der Waals surface area contributed by atoms with Crippen LogP contribution in [-0.2, 0) is 11.2 Å². The second-order valence-corrected chi connectivity index (χ2v) is 8.15. The summed E-state index contributed by atoms with van der Waals surface area (Å²) in [5.41, 5.74) is 0.983. The van der Waals surface area contributed by atoms with E-state index < -0.39 is 0 Å². The van der Waals surface area contributed by atoms with Crippen LogP contribution in [0.4, 0.5) is 0 Å². The highest BCUT2D eigenvalue weighted by atomic mass is 35.5. The van der Waals surface area contributed by atoms with E-state index in [1.807, 2.05) is 37.3 Å². The summed E-state index contributed by atoms with van der Waals surface area (Å²) in [6.45, 7) is 5.97. The zero-order valence-electron chi connectivity index (χ0n) is 17.2. The van der Waals surface area contributed by atoms with Crippen molar-refractivity contribution in [1.82, 2.24) is 10.2 Å². The minimum absolute atomic E-state index is 0.0389. The number of rotatable bonds is 9. The molecule has 30 heavy (non-hydrogen) atoms. The summed E-state index contributed by atoms with van der Waals surface area (Å²) >= 11 is 12.0. The van der Waals surface area contributed by atoms with E-state index in [0.29, 0.717) is 29.6 Å². The number of likely N-dealkylation sites (tertiary alicyclic amines) is 1. The highest BCUT2D eigenvalue weighted by molar-refractivity contribution is 6.42. The van der Waals surface area contributed by atoms with Gasteiger partial charge in [0.25, 0.3) is 0 Å². The van der Waals surface area contributed by atoms with Gasteiger partial charge in [0.05, 0.1) is 23.1 Å². The molecule has 0 atom stereocenters. The maximum Gasteiger partial charge on any atom is 0.224 e. The predicted molar refractivity (Wildman–Crippen MR) is 121 cm³/mol. The van der Waals surface area contributed by atoms with Crippen molar-refractivity contribution in [1.29, 1.82) is 0 Å². The van der Waals surface area contributed by atoms with Crippen LogP contribution in [0.15, 0.2) is 42.5 Å². The number of halogens is 2. The summed E-state index contributed by atoms with van der Waals surface area (Å²) in [7, 11) is 0. The molecule has 0 radical (unpaired) electrons. The average molecular weight is 451 g/mol. The fourth-order valence-corrected chi connectivity index (χ4v) is 3.75. The van der Waals surface area contributed by atoms with E-state index in [-0.39, 0.29) is 12.0 Å². The van der Waals surface area contributed by atoms with Gasteiger partial charge in [0.2, 0.25) is 5.91 Å². The number of nitrogens with one attached hydrogen (secondary N) is 1. The Bertz CT molecular complexity index is 822. The third kappa shape index (κ3) is 7.08. The number of amides is 1. The van der Waals surface area contributed by atoms with Crippen molar-refractivity contribution in [2.24, 2.45) is 0 Å². The smallest absolute Gasteiger partial charge is 0.224 e.